The largest absolute Gasteiger partial charge is 0.490 e. The fraction of sp³-hybridized carbons (Fsp3) is 0.476. The molecule has 0 saturated carbocycles. The van der Waals surface area contributed by atoms with E-state index in [4.69, 9.17) is 9.47 Å². The molecule has 0 N–H and O–H groups in total. The number of benzene rings is 1. The van der Waals surface area contributed by atoms with Crippen LogP contribution in [-0.4, -0.2) is 50.7 Å². The van der Waals surface area contributed by atoms with E-state index in [0.717, 1.165) is 43.8 Å². The van der Waals surface area contributed by atoms with Gasteiger partial charge in [0.25, 0.3) is 0 Å². The Balaban J connectivity index is 1.29. The van der Waals surface area contributed by atoms with Gasteiger partial charge in [-0.1, -0.05) is 30.3 Å². The van der Waals surface area contributed by atoms with Gasteiger partial charge in [-0.3, -0.25) is 9.47 Å². The fourth-order valence-electron chi connectivity index (χ4n) is 4.11. The quantitative estimate of drug-likeness (QED) is 0.421. The summed E-state index contributed by atoms with van der Waals surface area (Å²) >= 11 is 0. The molecule has 0 radical (unpaired) electrons. The van der Waals surface area contributed by atoms with Gasteiger partial charge in [-0.25, -0.2) is 0 Å². The molecule has 29 heavy (non-hydrogen) atoms. The van der Waals surface area contributed by atoms with Crippen LogP contribution in [0, 0.1) is 10.1 Å². The number of hydrogen-bond donors (Lipinski definition) is 0. The zero-order valence-electron chi connectivity index (χ0n) is 16.8. The SMILES string of the molecule is CC=C(OC1CCN(C[C@@]2(C)Cn3cc([N+](=O)[O-])nc3O2)CC1)c1ccccc1. The van der Waals surface area contributed by atoms with Crippen molar-refractivity contribution < 1.29 is 14.4 Å². The number of allylic oxidation sites excluding steroid dienone is 1. The Morgan fingerprint density at radius 3 is 2.72 bits per heavy atom. The molecule has 0 aliphatic carbocycles. The highest BCUT2D eigenvalue weighted by atomic mass is 16.6. The molecule has 1 atom stereocenters. The maximum atomic E-state index is 10.9. The van der Waals surface area contributed by atoms with Crippen molar-refractivity contribution in [3.63, 3.8) is 0 Å². The van der Waals surface area contributed by atoms with Gasteiger partial charge < -0.3 is 19.6 Å². The van der Waals surface area contributed by atoms with E-state index in [-0.39, 0.29) is 11.9 Å². The number of hydrogen-bond acceptors (Lipinski definition) is 6. The van der Waals surface area contributed by atoms with Gasteiger partial charge in [0, 0.05) is 30.2 Å². The lowest BCUT2D eigenvalue weighted by Crippen LogP contribution is -2.48. The monoisotopic (exact) mass is 398 g/mol. The summed E-state index contributed by atoms with van der Waals surface area (Å²) in [6, 6.07) is 10.5. The summed E-state index contributed by atoms with van der Waals surface area (Å²) in [7, 11) is 0. The molecule has 3 heterocycles. The minimum absolute atomic E-state index is 0.168. The van der Waals surface area contributed by atoms with Crippen LogP contribution >= 0.6 is 0 Å². The first-order valence-electron chi connectivity index (χ1n) is 9.97. The lowest BCUT2D eigenvalue weighted by atomic mass is 10.0. The molecule has 1 fully saturated rings. The van der Waals surface area contributed by atoms with Gasteiger partial charge in [-0.15, -0.1) is 0 Å². The highest BCUT2D eigenvalue weighted by Crippen LogP contribution is 2.32. The van der Waals surface area contributed by atoms with Crippen LogP contribution in [-0.2, 0) is 11.3 Å². The Morgan fingerprint density at radius 2 is 2.10 bits per heavy atom. The molecule has 2 aliphatic heterocycles. The first kappa shape index (κ1) is 19.4. The molecule has 8 nitrogen and oxygen atoms in total. The molecule has 1 aromatic carbocycles. The van der Waals surface area contributed by atoms with Gasteiger partial charge in [0.2, 0.25) is 0 Å². The maximum absolute atomic E-state index is 10.9. The number of aromatic nitrogens is 2. The topological polar surface area (TPSA) is 82.7 Å². The smallest absolute Gasteiger partial charge is 0.415 e. The molecule has 154 valence electrons. The van der Waals surface area contributed by atoms with E-state index in [9.17, 15) is 10.1 Å². The summed E-state index contributed by atoms with van der Waals surface area (Å²) < 4.78 is 14.0. The molecule has 1 aromatic heterocycles. The van der Waals surface area contributed by atoms with E-state index in [2.05, 4.69) is 22.0 Å². The number of ether oxygens (including phenoxy) is 2. The third kappa shape index (κ3) is 4.27. The Morgan fingerprint density at radius 1 is 1.38 bits per heavy atom. The van der Waals surface area contributed by atoms with E-state index in [1.807, 2.05) is 38.1 Å². The van der Waals surface area contributed by atoms with Gasteiger partial charge in [0.05, 0.1) is 6.54 Å². The van der Waals surface area contributed by atoms with Crippen LogP contribution < -0.4 is 4.74 Å². The average Bonchev–Trinajstić information content (AvgIpc) is 3.23. The van der Waals surface area contributed by atoms with Crippen LogP contribution in [0.4, 0.5) is 5.82 Å². The van der Waals surface area contributed by atoms with Gasteiger partial charge in [0.1, 0.15) is 23.7 Å². The number of nitrogens with zero attached hydrogens (tertiary/aromatic N) is 4. The molecule has 0 spiro atoms. The average molecular weight is 398 g/mol. The third-order valence-electron chi connectivity index (χ3n) is 5.46. The van der Waals surface area contributed by atoms with E-state index in [1.165, 1.54) is 6.20 Å². The summed E-state index contributed by atoms with van der Waals surface area (Å²) in [4.78, 5) is 16.7. The van der Waals surface area contributed by atoms with Crippen molar-refractivity contribution in [1.29, 1.82) is 0 Å². The van der Waals surface area contributed by atoms with Crippen LogP contribution in [0.25, 0.3) is 5.76 Å². The van der Waals surface area contributed by atoms with E-state index in [1.54, 1.807) is 4.57 Å². The Hall–Kier alpha value is -2.87. The van der Waals surface area contributed by atoms with Crippen LogP contribution in [0.15, 0.2) is 42.6 Å². The molecule has 2 aromatic rings. The molecule has 8 heteroatoms. The van der Waals surface area contributed by atoms with Gasteiger partial charge in [-0.05, 0) is 37.7 Å². The van der Waals surface area contributed by atoms with Gasteiger partial charge in [-0.2, -0.15) is 0 Å². The molecule has 0 amide bonds. The maximum Gasteiger partial charge on any atom is 0.415 e. The summed E-state index contributed by atoms with van der Waals surface area (Å²) in [5, 5.41) is 10.9. The van der Waals surface area contributed by atoms with Crippen LogP contribution in [0.1, 0.15) is 32.3 Å². The first-order valence-corrected chi connectivity index (χ1v) is 9.97. The highest BCUT2D eigenvalue weighted by Gasteiger charge is 2.42. The molecule has 0 unspecified atom stereocenters. The van der Waals surface area contributed by atoms with Gasteiger partial charge in [0.15, 0.2) is 0 Å². The second kappa shape index (κ2) is 7.87. The zero-order chi connectivity index (χ0) is 20.4. The Kier molecular flexibility index (Phi) is 5.27. The van der Waals surface area contributed by atoms with E-state index in [0.29, 0.717) is 12.6 Å². The highest BCUT2D eigenvalue weighted by molar-refractivity contribution is 5.59. The summed E-state index contributed by atoms with van der Waals surface area (Å²) in [5.41, 5.74) is 0.678. The fourth-order valence-corrected chi connectivity index (χ4v) is 4.11. The predicted molar refractivity (Wildman–Crippen MR) is 109 cm³/mol. The summed E-state index contributed by atoms with van der Waals surface area (Å²) in [6.07, 6.45) is 5.58. The molecule has 1 saturated heterocycles. The van der Waals surface area contributed by atoms with Crippen molar-refractivity contribution in [3.8, 4) is 6.01 Å². The lowest BCUT2D eigenvalue weighted by molar-refractivity contribution is -0.389. The van der Waals surface area contributed by atoms with Crippen molar-refractivity contribution in [2.24, 2.45) is 0 Å². The minimum Gasteiger partial charge on any atom is -0.490 e. The van der Waals surface area contributed by atoms with Crippen LogP contribution in [0.5, 0.6) is 6.01 Å². The van der Waals surface area contributed by atoms with Crippen molar-refractivity contribution >= 4 is 11.6 Å². The Bertz CT molecular complexity index is 877. The molecule has 0 bridgehead atoms. The van der Waals surface area contributed by atoms with Crippen molar-refractivity contribution in [2.75, 3.05) is 19.6 Å². The van der Waals surface area contributed by atoms with Crippen LogP contribution in [0.3, 0.4) is 0 Å². The number of imidazole rings is 1. The lowest BCUT2D eigenvalue weighted by Gasteiger charge is -2.36. The second-order valence-corrected chi connectivity index (χ2v) is 7.93. The number of fused-ring (bicyclic) bond motifs is 1. The predicted octanol–water partition coefficient (Wildman–Crippen LogP) is 3.48. The third-order valence-corrected chi connectivity index (χ3v) is 5.46. The summed E-state index contributed by atoms with van der Waals surface area (Å²) in [5.74, 6) is 0.764. The van der Waals surface area contributed by atoms with Crippen molar-refractivity contribution in [3.05, 3.63) is 58.3 Å². The number of nitro groups is 1. The normalized spacial score (nSPS) is 22.9. The van der Waals surface area contributed by atoms with Crippen molar-refractivity contribution in [1.82, 2.24) is 14.5 Å². The Labute approximate surface area is 169 Å². The van der Waals surface area contributed by atoms with E-state index < -0.39 is 10.5 Å². The number of piperidine rings is 1. The first-order chi connectivity index (χ1) is 14.0. The minimum atomic E-state index is -0.495. The molecular weight excluding hydrogens is 372 g/mol. The standard InChI is InChI=1S/C21H26N4O4/c1-3-18(16-7-5-4-6-8-16)28-17-9-11-23(12-10-17)14-21(2)15-24-13-19(25(26)27)22-20(24)29-21/h3-8,13,17H,9-12,14-15H2,1-2H3/t21-/m0/s1. The second-order valence-electron chi connectivity index (χ2n) is 7.93. The molecule has 4 rings (SSSR count). The zero-order valence-corrected chi connectivity index (χ0v) is 16.8. The molecular formula is C21H26N4O4. The summed E-state index contributed by atoms with van der Waals surface area (Å²) in [6.45, 7) is 7.21. The number of likely N-dealkylation sites (tertiary alicyclic amines) is 1. The van der Waals surface area contributed by atoms with Crippen LogP contribution in [0.2, 0.25) is 0 Å². The number of rotatable bonds is 6. The van der Waals surface area contributed by atoms with E-state index >= 15 is 0 Å². The van der Waals surface area contributed by atoms with Gasteiger partial charge >= 0.3 is 11.8 Å². The van der Waals surface area contributed by atoms with Crippen molar-refractivity contribution in [2.45, 2.75) is 44.9 Å². The molecule has 2 aliphatic rings.